The molecule has 1 aromatic rings. The number of aryl methyl sites for hydroxylation is 1. The van der Waals surface area contributed by atoms with Crippen LogP contribution in [0.15, 0.2) is 4.79 Å². The summed E-state index contributed by atoms with van der Waals surface area (Å²) in [5, 5.41) is 5.89. The summed E-state index contributed by atoms with van der Waals surface area (Å²) in [5.74, 6) is 0. The van der Waals surface area contributed by atoms with Gasteiger partial charge in [-0.25, -0.2) is 9.89 Å². The highest BCUT2D eigenvalue weighted by Crippen LogP contribution is 1.98. The van der Waals surface area contributed by atoms with Crippen LogP contribution in [0.25, 0.3) is 0 Å². The number of halogens is 1. The third-order valence-corrected chi connectivity index (χ3v) is 1.84. The van der Waals surface area contributed by atoms with Gasteiger partial charge in [0.1, 0.15) is 3.70 Å². The summed E-state index contributed by atoms with van der Waals surface area (Å²) in [5.41, 5.74) is 0.347. The maximum absolute atomic E-state index is 10.4. The molecule has 4 nitrogen and oxygen atoms in total. The number of rotatable bonds is 0. The maximum Gasteiger partial charge on any atom is 0.362 e. The van der Waals surface area contributed by atoms with Crippen molar-refractivity contribution in [3.63, 3.8) is 0 Å². The largest absolute Gasteiger partial charge is 0.362 e. The van der Waals surface area contributed by atoms with Gasteiger partial charge in [-0.2, -0.15) is 10.1 Å². The van der Waals surface area contributed by atoms with E-state index in [0.717, 1.165) is 5.69 Å². The lowest BCUT2D eigenvalue weighted by Crippen LogP contribution is -2.14. The Bertz CT molecular complexity index is 269. The Morgan fingerprint density at radius 1 is 1.67 bits per heavy atom. The Morgan fingerprint density at radius 3 is 2.78 bits per heavy atom. The summed E-state index contributed by atoms with van der Waals surface area (Å²) in [6.07, 6.45) is 0. The minimum Gasteiger partial charge on any atom is -0.244 e. The van der Waals surface area contributed by atoms with Crippen molar-refractivity contribution in [1.29, 1.82) is 0 Å². The molecule has 0 bridgehead atoms. The molecule has 0 aliphatic rings. The molecule has 0 aliphatic heterocycles. The van der Waals surface area contributed by atoms with Crippen LogP contribution in [-0.2, 0) is 0 Å². The van der Waals surface area contributed by atoms with Crippen molar-refractivity contribution in [1.82, 2.24) is 15.2 Å². The van der Waals surface area contributed by atoms with Crippen LogP contribution in [0.3, 0.4) is 0 Å². The summed E-state index contributed by atoms with van der Waals surface area (Å²) in [4.78, 5) is 14.0. The minimum atomic E-state index is -0.398. The topological polar surface area (TPSA) is 58.6 Å². The molecule has 1 aromatic heterocycles. The molecule has 0 radical (unpaired) electrons. The quantitative estimate of drug-likeness (QED) is 0.650. The van der Waals surface area contributed by atoms with Crippen LogP contribution >= 0.6 is 22.6 Å². The van der Waals surface area contributed by atoms with Crippen molar-refractivity contribution in [2.24, 2.45) is 0 Å². The normalized spacial score (nSPS) is 9.56. The summed E-state index contributed by atoms with van der Waals surface area (Å²) in [6.45, 7) is 1.78. The first-order chi connectivity index (χ1) is 4.20. The molecule has 0 saturated heterocycles. The van der Waals surface area contributed by atoms with E-state index in [-0.39, 0.29) is 0 Å². The van der Waals surface area contributed by atoms with Gasteiger partial charge in [0.05, 0.1) is 5.69 Å². The van der Waals surface area contributed by atoms with Crippen LogP contribution in [0.4, 0.5) is 0 Å². The number of hydrogen-bond donors (Lipinski definition) is 1. The number of H-pyrrole nitrogens is 1. The van der Waals surface area contributed by atoms with Gasteiger partial charge < -0.3 is 0 Å². The zero-order valence-corrected chi connectivity index (χ0v) is 6.84. The monoisotopic (exact) mass is 237 g/mol. The first-order valence-electron chi connectivity index (χ1n) is 2.29. The highest BCUT2D eigenvalue weighted by atomic mass is 127. The molecule has 5 heteroatoms. The van der Waals surface area contributed by atoms with Gasteiger partial charge in [0.2, 0.25) is 0 Å². The molecule has 0 amide bonds. The van der Waals surface area contributed by atoms with Gasteiger partial charge in [-0.1, -0.05) is 0 Å². The average molecular weight is 237 g/mol. The Morgan fingerprint density at radius 2 is 2.33 bits per heavy atom. The van der Waals surface area contributed by atoms with Crippen molar-refractivity contribution in [2.45, 2.75) is 6.92 Å². The van der Waals surface area contributed by atoms with Crippen LogP contribution in [0.1, 0.15) is 5.69 Å². The average Bonchev–Trinajstić information content (AvgIpc) is 1.80. The van der Waals surface area contributed by atoms with E-state index in [1.807, 2.05) is 22.6 Å². The third kappa shape index (κ3) is 1.47. The predicted octanol–water partition coefficient (Wildman–Crippen LogP) is 0.0779. The molecule has 0 fully saturated rings. The predicted molar refractivity (Wildman–Crippen MR) is 40.1 cm³/mol. The van der Waals surface area contributed by atoms with Gasteiger partial charge in [-0.3, -0.25) is 0 Å². The fourth-order valence-corrected chi connectivity index (χ4v) is 0.713. The summed E-state index contributed by atoms with van der Waals surface area (Å²) in [7, 11) is 0. The number of hydrogen-bond acceptors (Lipinski definition) is 3. The van der Waals surface area contributed by atoms with Crippen molar-refractivity contribution >= 4 is 22.6 Å². The molecule has 0 atom stereocenters. The third-order valence-electron chi connectivity index (χ3n) is 0.818. The standard InChI is InChI=1S/C4H4IN3O/c1-2-3(5)6-4(9)8-7-2/h1H3,(H,6,8,9). The first kappa shape index (κ1) is 6.66. The Labute approximate surface area is 64.8 Å². The van der Waals surface area contributed by atoms with Gasteiger partial charge in [0.25, 0.3) is 0 Å². The first-order valence-corrected chi connectivity index (χ1v) is 3.37. The van der Waals surface area contributed by atoms with Crippen molar-refractivity contribution in [2.75, 3.05) is 0 Å². The second kappa shape index (κ2) is 2.42. The molecule has 1 rings (SSSR count). The molecule has 48 valence electrons. The Kier molecular flexibility index (Phi) is 1.79. The zero-order chi connectivity index (χ0) is 6.85. The number of nitrogens with zero attached hydrogens (tertiary/aromatic N) is 2. The van der Waals surface area contributed by atoms with Crippen LogP contribution in [0.5, 0.6) is 0 Å². The van der Waals surface area contributed by atoms with E-state index in [4.69, 9.17) is 0 Å². The lowest BCUT2D eigenvalue weighted by atomic mass is 10.6. The minimum absolute atomic E-state index is 0.398. The fraction of sp³-hybridized carbons (Fsp3) is 0.250. The van der Waals surface area contributed by atoms with Gasteiger partial charge in [0, 0.05) is 0 Å². The molecule has 1 N–H and O–H groups in total. The second-order valence-corrected chi connectivity index (χ2v) is 2.54. The van der Waals surface area contributed by atoms with E-state index in [0.29, 0.717) is 3.70 Å². The van der Waals surface area contributed by atoms with E-state index < -0.39 is 5.69 Å². The Hall–Kier alpha value is -0.460. The summed E-state index contributed by atoms with van der Waals surface area (Å²) >= 11 is 1.96. The molecular weight excluding hydrogens is 233 g/mol. The number of aromatic nitrogens is 3. The fourth-order valence-electron chi connectivity index (χ4n) is 0.373. The van der Waals surface area contributed by atoms with E-state index in [1.54, 1.807) is 6.92 Å². The molecule has 9 heavy (non-hydrogen) atoms. The summed E-state index contributed by atoms with van der Waals surface area (Å²) in [6, 6.07) is 0. The lowest BCUT2D eigenvalue weighted by Gasteiger charge is -1.89. The van der Waals surface area contributed by atoms with Crippen LogP contribution in [0, 0.1) is 10.6 Å². The molecule has 0 aromatic carbocycles. The van der Waals surface area contributed by atoms with Crippen LogP contribution in [-0.4, -0.2) is 15.2 Å². The molecular formula is C4H4IN3O. The smallest absolute Gasteiger partial charge is 0.244 e. The van der Waals surface area contributed by atoms with E-state index >= 15 is 0 Å². The van der Waals surface area contributed by atoms with Gasteiger partial charge >= 0.3 is 5.69 Å². The van der Waals surface area contributed by atoms with Crippen LogP contribution in [0.2, 0.25) is 0 Å². The van der Waals surface area contributed by atoms with E-state index in [2.05, 4.69) is 15.2 Å². The molecule has 1 heterocycles. The van der Waals surface area contributed by atoms with Gasteiger partial charge in [-0.15, -0.1) is 0 Å². The maximum atomic E-state index is 10.4. The molecule has 0 saturated carbocycles. The van der Waals surface area contributed by atoms with Crippen LogP contribution < -0.4 is 5.69 Å². The highest BCUT2D eigenvalue weighted by molar-refractivity contribution is 14.1. The molecule has 0 spiro atoms. The number of aromatic amines is 1. The lowest BCUT2D eigenvalue weighted by molar-refractivity contribution is 0.861. The van der Waals surface area contributed by atoms with Gasteiger partial charge in [0.15, 0.2) is 0 Å². The van der Waals surface area contributed by atoms with E-state index in [1.165, 1.54) is 0 Å². The van der Waals surface area contributed by atoms with Crippen molar-refractivity contribution < 1.29 is 0 Å². The van der Waals surface area contributed by atoms with Crippen molar-refractivity contribution in [3.05, 3.63) is 19.9 Å². The van der Waals surface area contributed by atoms with E-state index in [9.17, 15) is 4.79 Å². The number of nitrogens with one attached hydrogen (secondary N) is 1. The molecule has 0 unspecified atom stereocenters. The SMILES string of the molecule is Cc1n[nH]c(=O)nc1I. The highest BCUT2D eigenvalue weighted by Gasteiger charge is 1.94. The summed E-state index contributed by atoms with van der Waals surface area (Å²) < 4.78 is 0.649. The Balaban J connectivity index is 3.34. The second-order valence-electron chi connectivity index (χ2n) is 1.52. The zero-order valence-electron chi connectivity index (χ0n) is 4.68. The van der Waals surface area contributed by atoms with Gasteiger partial charge in [-0.05, 0) is 29.5 Å². The van der Waals surface area contributed by atoms with Crippen molar-refractivity contribution in [3.8, 4) is 0 Å². The molecule has 0 aliphatic carbocycles.